The summed E-state index contributed by atoms with van der Waals surface area (Å²) in [7, 11) is 0. The van der Waals surface area contributed by atoms with Crippen LogP contribution >= 0.6 is 46.1 Å². The van der Waals surface area contributed by atoms with Crippen molar-refractivity contribution in [2.45, 2.75) is 6.54 Å². The minimum atomic E-state index is -1.21. The molecule has 0 bridgehead atoms. The Balaban J connectivity index is 1.64. The summed E-state index contributed by atoms with van der Waals surface area (Å²) in [5.74, 6) is -3.63. The number of aromatic nitrogens is 2. The molecular weight excluding hydrogens is 457 g/mol. The van der Waals surface area contributed by atoms with Crippen molar-refractivity contribution >= 4 is 63.8 Å². The molecule has 0 aliphatic rings. The number of rotatable bonds is 5. The number of hydrogen-bond acceptors (Lipinski definition) is 4. The molecule has 2 aromatic heterocycles. The lowest BCUT2D eigenvalue weighted by molar-refractivity contribution is 0.0945. The van der Waals surface area contributed by atoms with Crippen LogP contribution in [0, 0.1) is 11.6 Å². The standard InChI is InChI=1S/C16H9Cl3F2N4O2S/c17-8-3-11(21)10(20)2-7(8)15(26)23-13-4-12(24-25-13)16(27)22-5-6-1-9(18)14(19)28-6/h1-4H,5H2,(H,22,27)(H2,23,24,25,26). The van der Waals surface area contributed by atoms with Gasteiger partial charge in [-0.15, -0.1) is 11.3 Å². The van der Waals surface area contributed by atoms with Crippen molar-refractivity contribution in [3.05, 3.63) is 66.4 Å². The van der Waals surface area contributed by atoms with Crippen LogP contribution in [0.4, 0.5) is 14.6 Å². The highest BCUT2D eigenvalue weighted by Gasteiger charge is 2.17. The van der Waals surface area contributed by atoms with Crippen molar-refractivity contribution in [1.82, 2.24) is 15.5 Å². The van der Waals surface area contributed by atoms with Crippen LogP contribution in [0.3, 0.4) is 0 Å². The minimum absolute atomic E-state index is 0.000401. The van der Waals surface area contributed by atoms with Gasteiger partial charge >= 0.3 is 0 Å². The lowest BCUT2D eigenvalue weighted by Gasteiger charge is -2.05. The Hall–Kier alpha value is -2.20. The first-order valence-corrected chi connectivity index (χ1v) is 9.43. The third-order valence-electron chi connectivity index (χ3n) is 3.43. The van der Waals surface area contributed by atoms with Gasteiger partial charge in [0, 0.05) is 10.9 Å². The van der Waals surface area contributed by atoms with Crippen LogP contribution in [0.15, 0.2) is 24.3 Å². The van der Waals surface area contributed by atoms with Gasteiger partial charge in [0.15, 0.2) is 17.3 Å². The topological polar surface area (TPSA) is 86.9 Å². The van der Waals surface area contributed by atoms with Crippen LogP contribution in [-0.2, 0) is 6.54 Å². The molecule has 6 nitrogen and oxygen atoms in total. The van der Waals surface area contributed by atoms with Gasteiger partial charge in [-0.1, -0.05) is 34.8 Å². The zero-order chi connectivity index (χ0) is 20.4. The molecular formula is C16H9Cl3F2N4O2S. The number of carbonyl (C=O) groups is 2. The molecule has 0 fully saturated rings. The minimum Gasteiger partial charge on any atom is -0.346 e. The second kappa shape index (κ2) is 8.44. The predicted molar refractivity (Wildman–Crippen MR) is 103 cm³/mol. The van der Waals surface area contributed by atoms with E-state index in [9.17, 15) is 18.4 Å². The monoisotopic (exact) mass is 464 g/mol. The molecule has 0 aliphatic carbocycles. The summed E-state index contributed by atoms with van der Waals surface area (Å²) in [5, 5.41) is 11.4. The number of nitrogens with one attached hydrogen (secondary N) is 3. The number of benzene rings is 1. The van der Waals surface area contributed by atoms with Crippen LogP contribution in [0.2, 0.25) is 14.4 Å². The fourth-order valence-electron chi connectivity index (χ4n) is 2.12. The Morgan fingerprint density at radius 2 is 1.75 bits per heavy atom. The molecule has 2 heterocycles. The smallest absolute Gasteiger partial charge is 0.272 e. The quantitative estimate of drug-likeness (QED) is 0.469. The van der Waals surface area contributed by atoms with Crippen molar-refractivity contribution in [1.29, 1.82) is 0 Å². The molecule has 3 N–H and O–H groups in total. The highest BCUT2D eigenvalue weighted by Crippen LogP contribution is 2.31. The average molecular weight is 466 g/mol. The molecule has 0 atom stereocenters. The van der Waals surface area contributed by atoms with E-state index >= 15 is 0 Å². The van der Waals surface area contributed by atoms with Gasteiger partial charge in [0.1, 0.15) is 10.2 Å². The summed E-state index contributed by atoms with van der Waals surface area (Å²) in [6, 6.07) is 4.28. The molecule has 28 heavy (non-hydrogen) atoms. The van der Waals surface area contributed by atoms with Gasteiger partial charge in [-0.25, -0.2) is 8.78 Å². The number of carbonyl (C=O) groups excluding carboxylic acids is 2. The highest BCUT2D eigenvalue weighted by atomic mass is 35.5. The van der Waals surface area contributed by atoms with Crippen LogP contribution in [0.5, 0.6) is 0 Å². The molecule has 3 aromatic rings. The van der Waals surface area contributed by atoms with E-state index in [4.69, 9.17) is 34.8 Å². The lowest BCUT2D eigenvalue weighted by atomic mass is 10.2. The summed E-state index contributed by atoms with van der Waals surface area (Å²) in [5.41, 5.74) is -0.270. The molecule has 0 radical (unpaired) electrons. The zero-order valence-corrected chi connectivity index (χ0v) is 16.7. The molecule has 0 spiro atoms. The van der Waals surface area contributed by atoms with E-state index in [1.807, 2.05) is 0 Å². The van der Waals surface area contributed by atoms with E-state index in [0.717, 1.165) is 4.88 Å². The van der Waals surface area contributed by atoms with Gasteiger partial charge in [0.05, 0.1) is 22.2 Å². The first kappa shape index (κ1) is 20.5. The van der Waals surface area contributed by atoms with E-state index in [1.165, 1.54) is 17.4 Å². The van der Waals surface area contributed by atoms with Gasteiger partial charge in [0.2, 0.25) is 0 Å². The maximum absolute atomic E-state index is 13.3. The number of anilines is 1. The molecule has 0 unspecified atom stereocenters. The molecule has 0 saturated carbocycles. The third kappa shape index (κ3) is 4.61. The first-order chi connectivity index (χ1) is 13.2. The fourth-order valence-corrected chi connectivity index (χ4v) is 3.73. The largest absolute Gasteiger partial charge is 0.346 e. The van der Waals surface area contributed by atoms with Crippen molar-refractivity contribution in [3.8, 4) is 0 Å². The average Bonchev–Trinajstić information content (AvgIpc) is 3.22. The second-order valence-electron chi connectivity index (χ2n) is 5.38. The third-order valence-corrected chi connectivity index (χ3v) is 5.61. The van der Waals surface area contributed by atoms with E-state index in [2.05, 4.69) is 20.8 Å². The van der Waals surface area contributed by atoms with E-state index in [0.29, 0.717) is 21.5 Å². The van der Waals surface area contributed by atoms with Gasteiger partial charge < -0.3 is 10.6 Å². The summed E-state index contributed by atoms with van der Waals surface area (Å²) in [6.07, 6.45) is 0. The summed E-state index contributed by atoms with van der Waals surface area (Å²) >= 11 is 18.7. The number of halogens is 5. The molecule has 0 saturated heterocycles. The van der Waals surface area contributed by atoms with E-state index in [-0.39, 0.29) is 28.6 Å². The van der Waals surface area contributed by atoms with Gasteiger partial charge in [-0.05, 0) is 18.2 Å². The molecule has 3 rings (SSSR count). The number of aromatic amines is 1. The Morgan fingerprint density at radius 3 is 2.43 bits per heavy atom. The Morgan fingerprint density at radius 1 is 1.04 bits per heavy atom. The maximum Gasteiger partial charge on any atom is 0.272 e. The lowest BCUT2D eigenvalue weighted by Crippen LogP contribution is -2.22. The number of H-pyrrole nitrogens is 1. The second-order valence-corrected chi connectivity index (χ2v) is 7.94. The van der Waals surface area contributed by atoms with Crippen LogP contribution in [-0.4, -0.2) is 22.0 Å². The van der Waals surface area contributed by atoms with E-state index < -0.39 is 23.4 Å². The van der Waals surface area contributed by atoms with Gasteiger partial charge in [0.25, 0.3) is 11.8 Å². The number of hydrogen-bond donors (Lipinski definition) is 3. The molecule has 1 aromatic carbocycles. The number of nitrogens with zero attached hydrogens (tertiary/aromatic N) is 1. The first-order valence-electron chi connectivity index (χ1n) is 7.48. The van der Waals surface area contributed by atoms with Crippen molar-refractivity contribution in [2.24, 2.45) is 0 Å². The maximum atomic E-state index is 13.3. The summed E-state index contributed by atoms with van der Waals surface area (Å²) in [6.45, 7) is 0.189. The Labute approximate surface area is 175 Å². The fraction of sp³-hybridized carbons (Fsp3) is 0.0625. The van der Waals surface area contributed by atoms with E-state index in [1.54, 1.807) is 6.07 Å². The molecule has 146 valence electrons. The van der Waals surface area contributed by atoms with Crippen molar-refractivity contribution < 1.29 is 18.4 Å². The molecule has 12 heteroatoms. The van der Waals surface area contributed by atoms with Crippen LogP contribution < -0.4 is 10.6 Å². The van der Waals surface area contributed by atoms with Crippen molar-refractivity contribution in [3.63, 3.8) is 0 Å². The number of thiophene rings is 1. The Kier molecular flexibility index (Phi) is 6.19. The molecule has 2 amide bonds. The van der Waals surface area contributed by atoms with Gasteiger partial charge in [-0.3, -0.25) is 14.7 Å². The Bertz CT molecular complexity index is 1050. The normalized spacial score (nSPS) is 10.8. The van der Waals surface area contributed by atoms with Crippen molar-refractivity contribution in [2.75, 3.05) is 5.32 Å². The highest BCUT2D eigenvalue weighted by molar-refractivity contribution is 7.16. The van der Waals surface area contributed by atoms with Gasteiger partial charge in [-0.2, -0.15) is 5.10 Å². The zero-order valence-electron chi connectivity index (χ0n) is 13.6. The number of amides is 2. The SMILES string of the molecule is O=C(NCc1cc(Cl)c(Cl)s1)c1cc(NC(=O)c2cc(F)c(F)cc2Cl)[nH]n1. The summed E-state index contributed by atoms with van der Waals surface area (Å²) in [4.78, 5) is 25.1. The van der Waals surface area contributed by atoms with Crippen LogP contribution in [0.1, 0.15) is 25.7 Å². The van der Waals surface area contributed by atoms with Crippen LogP contribution in [0.25, 0.3) is 0 Å². The molecule has 0 aliphatic heterocycles. The predicted octanol–water partition coefficient (Wildman–Crippen LogP) is 4.89. The summed E-state index contributed by atoms with van der Waals surface area (Å²) < 4.78 is 26.8.